The second kappa shape index (κ2) is 4.63. The van der Waals surface area contributed by atoms with Gasteiger partial charge in [0.1, 0.15) is 0 Å². The standard InChI is InChI=1S/C13H14BrN3/c14-10-4-1-2-6-12(10)17-9-15-8-13(17)11-5-3-7-16-11/h1-2,4,6,8-9,11,16H,3,5,7H2. The number of para-hydroxylation sites is 1. The Labute approximate surface area is 109 Å². The fourth-order valence-electron chi connectivity index (χ4n) is 2.35. The summed E-state index contributed by atoms with van der Waals surface area (Å²) in [6, 6.07) is 8.67. The number of aromatic nitrogens is 2. The molecule has 88 valence electrons. The molecule has 2 heterocycles. The molecule has 1 atom stereocenters. The maximum atomic E-state index is 4.29. The number of nitrogens with one attached hydrogen (secondary N) is 1. The van der Waals surface area contributed by atoms with E-state index in [0.29, 0.717) is 6.04 Å². The predicted molar refractivity (Wildman–Crippen MR) is 71.2 cm³/mol. The summed E-state index contributed by atoms with van der Waals surface area (Å²) in [5.74, 6) is 0. The Kier molecular flexibility index (Phi) is 2.99. The van der Waals surface area contributed by atoms with Gasteiger partial charge in [0.05, 0.1) is 23.9 Å². The van der Waals surface area contributed by atoms with Gasteiger partial charge in [-0.3, -0.25) is 0 Å². The van der Waals surface area contributed by atoms with Crippen LogP contribution in [0.3, 0.4) is 0 Å². The summed E-state index contributed by atoms with van der Waals surface area (Å²) in [4.78, 5) is 4.29. The second-order valence-corrected chi connectivity index (χ2v) is 5.14. The van der Waals surface area contributed by atoms with Crippen LogP contribution in [-0.2, 0) is 0 Å². The van der Waals surface area contributed by atoms with E-state index in [1.165, 1.54) is 18.5 Å². The molecule has 0 radical (unpaired) electrons. The first-order chi connectivity index (χ1) is 8.36. The Balaban J connectivity index is 2.04. The lowest BCUT2D eigenvalue weighted by molar-refractivity contribution is 0.615. The van der Waals surface area contributed by atoms with Crippen LogP contribution in [0.2, 0.25) is 0 Å². The predicted octanol–water partition coefficient (Wildman–Crippen LogP) is 3.06. The lowest BCUT2D eigenvalue weighted by Gasteiger charge is -2.14. The number of halogens is 1. The molecule has 3 rings (SSSR count). The van der Waals surface area contributed by atoms with Gasteiger partial charge in [0.25, 0.3) is 0 Å². The molecule has 1 saturated heterocycles. The average Bonchev–Trinajstić information content (AvgIpc) is 3.00. The summed E-state index contributed by atoms with van der Waals surface area (Å²) in [7, 11) is 0. The minimum Gasteiger partial charge on any atom is -0.309 e. The van der Waals surface area contributed by atoms with Crippen molar-refractivity contribution in [3.63, 3.8) is 0 Å². The molecule has 1 N–H and O–H groups in total. The number of nitrogens with zero attached hydrogens (tertiary/aromatic N) is 2. The van der Waals surface area contributed by atoms with Crippen molar-refractivity contribution in [3.8, 4) is 5.69 Å². The first-order valence-electron chi connectivity index (χ1n) is 5.87. The number of hydrogen-bond donors (Lipinski definition) is 1. The van der Waals surface area contributed by atoms with Crippen molar-refractivity contribution < 1.29 is 0 Å². The summed E-state index contributed by atoms with van der Waals surface area (Å²) in [5, 5.41) is 3.51. The SMILES string of the molecule is Brc1ccccc1-n1cncc1C1CCCN1. The summed E-state index contributed by atoms with van der Waals surface area (Å²) >= 11 is 3.59. The van der Waals surface area contributed by atoms with E-state index in [4.69, 9.17) is 0 Å². The van der Waals surface area contributed by atoms with Crippen LogP contribution in [0.25, 0.3) is 5.69 Å². The van der Waals surface area contributed by atoms with Crippen molar-refractivity contribution in [2.75, 3.05) is 6.54 Å². The highest BCUT2D eigenvalue weighted by molar-refractivity contribution is 9.10. The van der Waals surface area contributed by atoms with Gasteiger partial charge in [-0.05, 0) is 47.4 Å². The fraction of sp³-hybridized carbons (Fsp3) is 0.308. The molecule has 17 heavy (non-hydrogen) atoms. The van der Waals surface area contributed by atoms with Crippen LogP contribution in [0.1, 0.15) is 24.6 Å². The van der Waals surface area contributed by atoms with Gasteiger partial charge in [-0.1, -0.05) is 12.1 Å². The van der Waals surface area contributed by atoms with E-state index in [1.807, 2.05) is 24.7 Å². The first kappa shape index (κ1) is 11.0. The summed E-state index contributed by atoms with van der Waals surface area (Å²) in [6.07, 6.45) is 6.28. The second-order valence-electron chi connectivity index (χ2n) is 4.29. The van der Waals surface area contributed by atoms with Gasteiger partial charge in [-0.15, -0.1) is 0 Å². The zero-order chi connectivity index (χ0) is 11.7. The molecule has 3 nitrogen and oxygen atoms in total. The summed E-state index contributed by atoms with van der Waals surface area (Å²) < 4.78 is 3.25. The van der Waals surface area contributed by atoms with E-state index in [1.54, 1.807) is 0 Å². The highest BCUT2D eigenvalue weighted by atomic mass is 79.9. The van der Waals surface area contributed by atoms with Gasteiger partial charge in [0.2, 0.25) is 0 Å². The molecular formula is C13H14BrN3. The number of benzene rings is 1. The molecule has 2 aromatic rings. The largest absolute Gasteiger partial charge is 0.309 e. The van der Waals surface area contributed by atoms with Crippen molar-refractivity contribution in [2.45, 2.75) is 18.9 Å². The van der Waals surface area contributed by atoms with Crippen LogP contribution >= 0.6 is 15.9 Å². The molecule has 1 aromatic carbocycles. The molecule has 0 spiro atoms. The van der Waals surface area contributed by atoms with Crippen LogP contribution in [0, 0.1) is 0 Å². The normalized spacial score (nSPS) is 19.7. The Bertz CT molecular complexity index is 515. The molecule has 4 heteroatoms. The van der Waals surface area contributed by atoms with Gasteiger partial charge in [-0.25, -0.2) is 4.98 Å². The zero-order valence-electron chi connectivity index (χ0n) is 9.44. The van der Waals surface area contributed by atoms with Crippen LogP contribution in [-0.4, -0.2) is 16.1 Å². The summed E-state index contributed by atoms with van der Waals surface area (Å²) in [6.45, 7) is 1.10. The maximum Gasteiger partial charge on any atom is 0.0995 e. The molecule has 1 fully saturated rings. The Morgan fingerprint density at radius 2 is 2.24 bits per heavy atom. The Hall–Kier alpha value is -1.13. The average molecular weight is 292 g/mol. The maximum absolute atomic E-state index is 4.29. The van der Waals surface area contributed by atoms with Crippen LogP contribution in [0.15, 0.2) is 41.3 Å². The minimum absolute atomic E-state index is 0.435. The van der Waals surface area contributed by atoms with Gasteiger partial charge >= 0.3 is 0 Å². The van der Waals surface area contributed by atoms with Crippen molar-refractivity contribution in [1.82, 2.24) is 14.9 Å². The molecule has 0 saturated carbocycles. The number of imidazole rings is 1. The molecule has 0 amide bonds. The zero-order valence-corrected chi connectivity index (χ0v) is 11.0. The van der Waals surface area contributed by atoms with Gasteiger partial charge in [-0.2, -0.15) is 0 Å². The Morgan fingerprint density at radius 1 is 1.35 bits per heavy atom. The minimum atomic E-state index is 0.435. The van der Waals surface area contributed by atoms with Gasteiger partial charge in [0.15, 0.2) is 0 Å². The monoisotopic (exact) mass is 291 g/mol. The van der Waals surface area contributed by atoms with Crippen LogP contribution in [0.5, 0.6) is 0 Å². The van der Waals surface area contributed by atoms with E-state index in [9.17, 15) is 0 Å². The van der Waals surface area contributed by atoms with Crippen molar-refractivity contribution >= 4 is 15.9 Å². The lowest BCUT2D eigenvalue weighted by Crippen LogP contribution is -2.16. The first-order valence-corrected chi connectivity index (χ1v) is 6.66. The molecule has 0 aliphatic carbocycles. The highest BCUT2D eigenvalue weighted by Crippen LogP contribution is 2.28. The third-order valence-corrected chi connectivity index (χ3v) is 3.87. The van der Waals surface area contributed by atoms with Crippen LogP contribution in [0.4, 0.5) is 0 Å². The highest BCUT2D eigenvalue weighted by Gasteiger charge is 2.20. The van der Waals surface area contributed by atoms with E-state index >= 15 is 0 Å². The van der Waals surface area contributed by atoms with Crippen molar-refractivity contribution in [1.29, 1.82) is 0 Å². The fourth-order valence-corrected chi connectivity index (χ4v) is 2.82. The number of hydrogen-bond acceptors (Lipinski definition) is 2. The molecule has 1 aromatic heterocycles. The van der Waals surface area contributed by atoms with E-state index in [0.717, 1.165) is 16.7 Å². The molecular weight excluding hydrogens is 278 g/mol. The van der Waals surface area contributed by atoms with Gasteiger partial charge in [0, 0.05) is 10.5 Å². The molecule has 0 bridgehead atoms. The van der Waals surface area contributed by atoms with Crippen molar-refractivity contribution in [3.05, 3.63) is 47.0 Å². The topological polar surface area (TPSA) is 29.9 Å². The van der Waals surface area contributed by atoms with Crippen LogP contribution < -0.4 is 5.32 Å². The third-order valence-electron chi connectivity index (χ3n) is 3.20. The third kappa shape index (κ3) is 2.03. The molecule has 1 aliphatic heterocycles. The van der Waals surface area contributed by atoms with E-state index in [2.05, 4.69) is 42.9 Å². The molecule has 1 unspecified atom stereocenters. The Morgan fingerprint density at radius 3 is 3.00 bits per heavy atom. The van der Waals surface area contributed by atoms with Crippen molar-refractivity contribution in [2.24, 2.45) is 0 Å². The van der Waals surface area contributed by atoms with Gasteiger partial charge < -0.3 is 9.88 Å². The number of rotatable bonds is 2. The smallest absolute Gasteiger partial charge is 0.0995 e. The lowest BCUT2D eigenvalue weighted by atomic mass is 10.1. The van der Waals surface area contributed by atoms with E-state index < -0.39 is 0 Å². The van der Waals surface area contributed by atoms with E-state index in [-0.39, 0.29) is 0 Å². The summed E-state index contributed by atoms with van der Waals surface area (Å²) in [5.41, 5.74) is 2.39. The molecule has 1 aliphatic rings. The quantitative estimate of drug-likeness (QED) is 0.922.